The zero-order valence-corrected chi connectivity index (χ0v) is 13.8. The average Bonchev–Trinajstić information content (AvgIpc) is 2.48. The second-order valence-electron chi connectivity index (χ2n) is 6.04. The molecule has 0 aliphatic heterocycles. The third-order valence-corrected chi connectivity index (χ3v) is 4.56. The minimum absolute atomic E-state index is 0.420. The van der Waals surface area contributed by atoms with Crippen LogP contribution in [0.3, 0.4) is 0 Å². The number of hydrogen-bond acceptors (Lipinski definition) is 3. The first kappa shape index (κ1) is 17.7. The van der Waals surface area contributed by atoms with Crippen molar-refractivity contribution in [2.75, 3.05) is 20.6 Å². The van der Waals surface area contributed by atoms with Gasteiger partial charge in [0.1, 0.15) is 5.54 Å². The molecular formula is C17H28N2O2. The van der Waals surface area contributed by atoms with Gasteiger partial charge in [-0.2, -0.15) is 0 Å². The number of nitrogens with zero attached hydrogens (tertiary/aromatic N) is 1. The fourth-order valence-corrected chi connectivity index (χ4v) is 2.53. The van der Waals surface area contributed by atoms with Crippen LogP contribution in [0.2, 0.25) is 0 Å². The molecule has 118 valence electrons. The van der Waals surface area contributed by atoms with E-state index in [2.05, 4.69) is 38.0 Å². The van der Waals surface area contributed by atoms with E-state index >= 15 is 0 Å². The summed E-state index contributed by atoms with van der Waals surface area (Å²) in [6.45, 7) is 7.26. The summed E-state index contributed by atoms with van der Waals surface area (Å²) in [6.07, 6.45) is 0.524. The van der Waals surface area contributed by atoms with Crippen LogP contribution in [0.4, 0.5) is 0 Å². The first-order valence-electron chi connectivity index (χ1n) is 7.53. The number of hydrogen-bond donors (Lipinski definition) is 2. The largest absolute Gasteiger partial charge is 0.480 e. The van der Waals surface area contributed by atoms with Crippen LogP contribution in [0.15, 0.2) is 30.3 Å². The van der Waals surface area contributed by atoms with Gasteiger partial charge in [-0.15, -0.1) is 0 Å². The van der Waals surface area contributed by atoms with Crippen molar-refractivity contribution >= 4 is 5.97 Å². The second kappa shape index (κ2) is 7.57. The van der Waals surface area contributed by atoms with E-state index in [1.54, 1.807) is 7.05 Å². The van der Waals surface area contributed by atoms with Gasteiger partial charge < -0.3 is 15.3 Å². The van der Waals surface area contributed by atoms with Gasteiger partial charge in [0.15, 0.2) is 0 Å². The van der Waals surface area contributed by atoms with Crippen LogP contribution in [0.25, 0.3) is 0 Å². The molecule has 2 atom stereocenters. The lowest BCUT2D eigenvalue weighted by atomic mass is 9.86. The first-order chi connectivity index (χ1) is 9.85. The molecule has 0 aliphatic carbocycles. The van der Waals surface area contributed by atoms with E-state index in [0.29, 0.717) is 18.4 Å². The summed E-state index contributed by atoms with van der Waals surface area (Å²) in [5.41, 5.74) is -0.239. The Hall–Kier alpha value is -1.39. The smallest absolute Gasteiger partial charge is 0.328 e. The van der Waals surface area contributed by atoms with Crippen molar-refractivity contribution in [2.45, 2.75) is 38.8 Å². The first-order valence-corrected chi connectivity index (χ1v) is 7.53. The minimum Gasteiger partial charge on any atom is -0.480 e. The lowest BCUT2D eigenvalue weighted by molar-refractivity contribution is -0.145. The highest BCUT2D eigenvalue weighted by Crippen LogP contribution is 2.26. The van der Waals surface area contributed by atoms with Crippen molar-refractivity contribution in [1.29, 1.82) is 0 Å². The molecule has 0 radical (unpaired) electrons. The van der Waals surface area contributed by atoms with E-state index in [1.807, 2.05) is 30.3 Å². The second-order valence-corrected chi connectivity index (χ2v) is 6.04. The van der Waals surface area contributed by atoms with Gasteiger partial charge in [-0.25, -0.2) is 4.79 Å². The maximum Gasteiger partial charge on any atom is 0.328 e. The van der Waals surface area contributed by atoms with Crippen LogP contribution >= 0.6 is 0 Å². The van der Waals surface area contributed by atoms with Gasteiger partial charge in [-0.3, -0.25) is 0 Å². The Morgan fingerprint density at radius 3 is 2.29 bits per heavy atom. The number of nitrogens with one attached hydrogen (secondary N) is 1. The molecule has 0 bridgehead atoms. The normalized spacial score (nSPS) is 16.0. The molecule has 2 N–H and O–H groups in total. The quantitative estimate of drug-likeness (QED) is 0.773. The molecule has 4 nitrogen and oxygen atoms in total. The minimum atomic E-state index is -1.04. The molecule has 0 amide bonds. The third-order valence-electron chi connectivity index (χ3n) is 4.56. The number of rotatable bonds is 8. The summed E-state index contributed by atoms with van der Waals surface area (Å²) in [5.74, 6) is -0.290. The SMILES string of the molecule is CNC(CCN(C)C(C)C(C)C)(C(=O)O)c1ccccc1. The Morgan fingerprint density at radius 2 is 1.86 bits per heavy atom. The number of carboxylic acids is 1. The topological polar surface area (TPSA) is 52.6 Å². The van der Waals surface area contributed by atoms with Crippen LogP contribution in [-0.2, 0) is 10.3 Å². The molecule has 0 spiro atoms. The summed E-state index contributed by atoms with van der Waals surface area (Å²) >= 11 is 0. The molecule has 0 saturated carbocycles. The Kier molecular flexibility index (Phi) is 6.37. The molecule has 21 heavy (non-hydrogen) atoms. The zero-order valence-electron chi connectivity index (χ0n) is 13.8. The standard InChI is InChI=1S/C17H28N2O2/c1-13(2)14(3)19(5)12-11-17(18-4,16(20)21)15-9-7-6-8-10-15/h6-10,13-14,18H,11-12H2,1-5H3,(H,20,21). The molecule has 0 saturated heterocycles. The van der Waals surface area contributed by atoms with Gasteiger partial charge in [-0.1, -0.05) is 44.2 Å². The van der Waals surface area contributed by atoms with Gasteiger partial charge in [0, 0.05) is 12.6 Å². The van der Waals surface area contributed by atoms with Crippen molar-refractivity contribution in [3.05, 3.63) is 35.9 Å². The van der Waals surface area contributed by atoms with Crippen molar-refractivity contribution in [1.82, 2.24) is 10.2 Å². The van der Waals surface area contributed by atoms with Crippen LogP contribution < -0.4 is 5.32 Å². The molecule has 4 heteroatoms. The number of carboxylic acid groups (broad SMARTS) is 1. The zero-order chi connectivity index (χ0) is 16.0. The van der Waals surface area contributed by atoms with Gasteiger partial charge in [0.2, 0.25) is 0 Å². The fraction of sp³-hybridized carbons (Fsp3) is 0.588. The maximum atomic E-state index is 11.9. The highest BCUT2D eigenvalue weighted by Gasteiger charge is 2.38. The highest BCUT2D eigenvalue weighted by molar-refractivity contribution is 5.80. The molecular weight excluding hydrogens is 264 g/mol. The summed E-state index contributed by atoms with van der Waals surface area (Å²) < 4.78 is 0. The van der Waals surface area contributed by atoms with Gasteiger partial charge >= 0.3 is 5.97 Å². The summed E-state index contributed by atoms with van der Waals surface area (Å²) in [5, 5.41) is 12.8. The molecule has 0 aliphatic rings. The summed E-state index contributed by atoms with van der Waals surface area (Å²) in [6, 6.07) is 9.82. The van der Waals surface area contributed by atoms with E-state index in [-0.39, 0.29) is 0 Å². The van der Waals surface area contributed by atoms with Crippen LogP contribution in [-0.4, -0.2) is 42.7 Å². The van der Waals surface area contributed by atoms with E-state index in [4.69, 9.17) is 0 Å². The molecule has 1 rings (SSSR count). The Labute approximate surface area is 128 Å². The van der Waals surface area contributed by atoms with E-state index in [9.17, 15) is 9.90 Å². The summed E-state index contributed by atoms with van der Waals surface area (Å²) in [7, 11) is 3.77. The lowest BCUT2D eigenvalue weighted by Crippen LogP contribution is -2.50. The van der Waals surface area contributed by atoms with E-state index in [0.717, 1.165) is 12.1 Å². The molecule has 0 aromatic heterocycles. The number of likely N-dealkylation sites (N-methyl/N-ethyl adjacent to an activating group) is 1. The molecule has 1 aromatic carbocycles. The molecule has 1 aromatic rings. The average molecular weight is 292 g/mol. The van der Waals surface area contributed by atoms with Crippen LogP contribution in [0.1, 0.15) is 32.8 Å². The van der Waals surface area contributed by atoms with E-state index in [1.165, 1.54) is 0 Å². The number of aliphatic carboxylic acids is 1. The van der Waals surface area contributed by atoms with Crippen molar-refractivity contribution < 1.29 is 9.90 Å². The Balaban J connectivity index is 2.93. The van der Waals surface area contributed by atoms with Gasteiger partial charge in [0.05, 0.1) is 0 Å². The highest BCUT2D eigenvalue weighted by atomic mass is 16.4. The fourth-order valence-electron chi connectivity index (χ4n) is 2.53. The predicted molar refractivity (Wildman–Crippen MR) is 86.4 cm³/mol. The third kappa shape index (κ3) is 4.05. The Bertz CT molecular complexity index is 447. The lowest BCUT2D eigenvalue weighted by Gasteiger charge is -2.34. The van der Waals surface area contributed by atoms with Crippen molar-refractivity contribution in [3.63, 3.8) is 0 Å². The van der Waals surface area contributed by atoms with Crippen LogP contribution in [0, 0.1) is 5.92 Å². The maximum absolute atomic E-state index is 11.9. The number of carbonyl (C=O) groups is 1. The van der Waals surface area contributed by atoms with Gasteiger partial charge in [-0.05, 0) is 38.9 Å². The molecule has 0 fully saturated rings. The van der Waals surface area contributed by atoms with Crippen molar-refractivity contribution in [2.24, 2.45) is 5.92 Å². The predicted octanol–water partition coefficient (Wildman–Crippen LogP) is 2.55. The molecule has 0 heterocycles. The molecule has 2 unspecified atom stereocenters. The van der Waals surface area contributed by atoms with Crippen LogP contribution in [0.5, 0.6) is 0 Å². The Morgan fingerprint density at radius 1 is 1.29 bits per heavy atom. The van der Waals surface area contributed by atoms with Crippen molar-refractivity contribution in [3.8, 4) is 0 Å². The summed E-state index contributed by atoms with van der Waals surface area (Å²) in [4.78, 5) is 14.1. The monoisotopic (exact) mass is 292 g/mol. The van der Waals surface area contributed by atoms with Gasteiger partial charge in [0.25, 0.3) is 0 Å². The van der Waals surface area contributed by atoms with E-state index < -0.39 is 11.5 Å². The number of benzene rings is 1.